The Bertz CT molecular complexity index is 909. The molecule has 0 saturated heterocycles. The van der Waals surface area contributed by atoms with Crippen molar-refractivity contribution >= 4 is 17.8 Å². The predicted molar refractivity (Wildman–Crippen MR) is 103 cm³/mol. The number of aromatic amines is 1. The molecule has 2 aromatic heterocycles. The van der Waals surface area contributed by atoms with E-state index in [9.17, 15) is 19.1 Å². The normalized spacial score (nSPS) is 22.3. The summed E-state index contributed by atoms with van der Waals surface area (Å²) < 4.78 is 12.9. The van der Waals surface area contributed by atoms with Crippen molar-refractivity contribution in [3.63, 3.8) is 0 Å². The second-order valence-electron chi connectivity index (χ2n) is 8.21. The summed E-state index contributed by atoms with van der Waals surface area (Å²) >= 11 is 0. The summed E-state index contributed by atoms with van der Waals surface area (Å²) in [6.07, 6.45) is 4.55. The molecule has 2 heterocycles. The van der Waals surface area contributed by atoms with Gasteiger partial charge in [-0.2, -0.15) is 5.10 Å². The third kappa shape index (κ3) is 4.23. The van der Waals surface area contributed by atoms with Gasteiger partial charge in [0.15, 0.2) is 5.82 Å². The number of nitrogens with one attached hydrogen (secondary N) is 2. The zero-order valence-corrected chi connectivity index (χ0v) is 16.2. The Balaban J connectivity index is 1.35. The molecule has 2 unspecified atom stereocenters. The van der Waals surface area contributed by atoms with E-state index in [1.807, 2.05) is 6.92 Å². The Morgan fingerprint density at radius 2 is 2.17 bits per heavy atom. The van der Waals surface area contributed by atoms with Crippen LogP contribution in [-0.2, 0) is 11.2 Å². The van der Waals surface area contributed by atoms with E-state index in [4.69, 9.17) is 0 Å². The largest absolute Gasteiger partial charge is 0.465 e. The standard InChI is InChI=1S/C20H24FN5O3/c1-20(6-7-20)26(19(28)29)15-5-2-12(8-15)16-10-17(25-24-16)23-18(27)9-14-4-3-13(21)11-22-14/h3-4,10-12,15H,2,5-9H2,1H3,(H,28,29)(H2,23,24,25,27). The molecule has 2 fully saturated rings. The molecule has 0 radical (unpaired) electrons. The number of nitrogens with zero attached hydrogens (tertiary/aromatic N) is 3. The summed E-state index contributed by atoms with van der Waals surface area (Å²) in [6.45, 7) is 2.01. The Kier molecular flexibility index (Phi) is 4.97. The van der Waals surface area contributed by atoms with E-state index < -0.39 is 11.9 Å². The second-order valence-corrected chi connectivity index (χ2v) is 8.21. The zero-order valence-electron chi connectivity index (χ0n) is 16.2. The first-order chi connectivity index (χ1) is 13.8. The fourth-order valence-corrected chi connectivity index (χ4v) is 4.20. The van der Waals surface area contributed by atoms with Crippen LogP contribution in [0, 0.1) is 5.82 Å². The Labute approximate surface area is 167 Å². The molecule has 9 heteroatoms. The van der Waals surface area contributed by atoms with Crippen LogP contribution in [-0.4, -0.2) is 48.8 Å². The van der Waals surface area contributed by atoms with Gasteiger partial charge in [0.2, 0.25) is 5.91 Å². The Morgan fingerprint density at radius 3 is 2.83 bits per heavy atom. The first kappa shape index (κ1) is 19.4. The highest BCUT2D eigenvalue weighted by molar-refractivity contribution is 5.91. The number of pyridine rings is 1. The lowest BCUT2D eigenvalue weighted by molar-refractivity contribution is -0.115. The molecule has 2 atom stereocenters. The summed E-state index contributed by atoms with van der Waals surface area (Å²) in [7, 11) is 0. The minimum absolute atomic E-state index is 0.0101. The number of carbonyl (C=O) groups is 2. The van der Waals surface area contributed by atoms with Gasteiger partial charge in [-0.05, 0) is 51.2 Å². The summed E-state index contributed by atoms with van der Waals surface area (Å²) in [5, 5.41) is 19.5. The van der Waals surface area contributed by atoms with E-state index in [0.29, 0.717) is 11.5 Å². The summed E-state index contributed by atoms with van der Waals surface area (Å²) in [6, 6.07) is 4.54. The highest BCUT2D eigenvalue weighted by Crippen LogP contribution is 2.47. The molecule has 29 heavy (non-hydrogen) atoms. The van der Waals surface area contributed by atoms with Crippen LogP contribution in [0.5, 0.6) is 0 Å². The molecule has 0 spiro atoms. The van der Waals surface area contributed by atoms with Crippen molar-refractivity contribution < 1.29 is 19.1 Å². The number of anilines is 1. The number of carbonyl (C=O) groups excluding carboxylic acids is 1. The number of rotatable bonds is 6. The number of hydrogen-bond donors (Lipinski definition) is 3. The van der Waals surface area contributed by atoms with Crippen LogP contribution >= 0.6 is 0 Å². The molecule has 2 saturated carbocycles. The van der Waals surface area contributed by atoms with E-state index in [1.165, 1.54) is 12.1 Å². The zero-order chi connectivity index (χ0) is 20.6. The molecule has 8 nitrogen and oxygen atoms in total. The van der Waals surface area contributed by atoms with Crippen molar-refractivity contribution in [2.75, 3.05) is 5.32 Å². The molecule has 2 aliphatic rings. The van der Waals surface area contributed by atoms with Crippen molar-refractivity contribution in [3.8, 4) is 0 Å². The van der Waals surface area contributed by atoms with Gasteiger partial charge in [0.25, 0.3) is 0 Å². The average molecular weight is 401 g/mol. The number of halogens is 1. The summed E-state index contributed by atoms with van der Waals surface area (Å²) in [5.41, 5.74) is 1.15. The predicted octanol–water partition coefficient (Wildman–Crippen LogP) is 3.29. The molecule has 2 amide bonds. The lowest BCUT2D eigenvalue weighted by atomic mass is 10.0. The summed E-state index contributed by atoms with van der Waals surface area (Å²) in [4.78, 5) is 29.4. The van der Waals surface area contributed by atoms with Gasteiger partial charge >= 0.3 is 6.09 Å². The van der Waals surface area contributed by atoms with Crippen LogP contribution in [0.3, 0.4) is 0 Å². The molecular formula is C20H24FN5O3. The van der Waals surface area contributed by atoms with Gasteiger partial charge in [-0.1, -0.05) is 0 Å². The van der Waals surface area contributed by atoms with E-state index in [0.717, 1.165) is 44.0 Å². The van der Waals surface area contributed by atoms with Crippen LogP contribution in [0.15, 0.2) is 24.4 Å². The van der Waals surface area contributed by atoms with Gasteiger partial charge in [-0.3, -0.25) is 19.8 Å². The van der Waals surface area contributed by atoms with Gasteiger partial charge < -0.3 is 10.4 Å². The molecule has 0 bridgehead atoms. The maximum absolute atomic E-state index is 12.9. The second kappa shape index (κ2) is 7.46. The Morgan fingerprint density at radius 1 is 1.38 bits per heavy atom. The molecule has 0 aromatic carbocycles. The minimum Gasteiger partial charge on any atom is -0.465 e. The monoisotopic (exact) mass is 401 g/mol. The van der Waals surface area contributed by atoms with Crippen molar-refractivity contribution in [1.29, 1.82) is 0 Å². The topological polar surface area (TPSA) is 111 Å². The van der Waals surface area contributed by atoms with Gasteiger partial charge in [0.1, 0.15) is 5.82 Å². The van der Waals surface area contributed by atoms with Gasteiger partial charge in [0, 0.05) is 35.0 Å². The maximum Gasteiger partial charge on any atom is 0.408 e. The van der Waals surface area contributed by atoms with Gasteiger partial charge in [-0.25, -0.2) is 9.18 Å². The average Bonchev–Trinajstić information content (AvgIpc) is 3.07. The number of hydrogen-bond acceptors (Lipinski definition) is 4. The molecule has 3 N–H and O–H groups in total. The van der Waals surface area contributed by atoms with Crippen LogP contribution in [0.4, 0.5) is 15.0 Å². The minimum atomic E-state index is -0.845. The van der Waals surface area contributed by atoms with Crippen LogP contribution in [0.25, 0.3) is 0 Å². The first-order valence-corrected chi connectivity index (χ1v) is 9.82. The lowest BCUT2D eigenvalue weighted by Gasteiger charge is -2.32. The lowest BCUT2D eigenvalue weighted by Crippen LogP contribution is -2.45. The van der Waals surface area contributed by atoms with E-state index in [-0.39, 0.29) is 29.8 Å². The number of H-pyrrole nitrogens is 1. The molecular weight excluding hydrogens is 377 g/mol. The van der Waals surface area contributed by atoms with Crippen molar-refractivity contribution in [2.24, 2.45) is 0 Å². The molecule has 154 valence electrons. The highest BCUT2D eigenvalue weighted by Gasteiger charge is 2.50. The van der Waals surface area contributed by atoms with Crippen LogP contribution in [0.1, 0.15) is 56.3 Å². The summed E-state index contributed by atoms with van der Waals surface area (Å²) in [5.74, 6) is -0.135. The molecule has 2 aromatic rings. The van der Waals surface area contributed by atoms with Gasteiger partial charge in [-0.15, -0.1) is 0 Å². The number of amides is 2. The van der Waals surface area contributed by atoms with Crippen molar-refractivity contribution in [3.05, 3.63) is 41.6 Å². The smallest absolute Gasteiger partial charge is 0.408 e. The number of carboxylic acid groups (broad SMARTS) is 1. The van der Waals surface area contributed by atoms with Crippen LogP contribution in [0.2, 0.25) is 0 Å². The first-order valence-electron chi connectivity index (χ1n) is 9.82. The number of aromatic nitrogens is 3. The van der Waals surface area contributed by atoms with E-state index in [2.05, 4.69) is 20.5 Å². The fraction of sp³-hybridized carbons (Fsp3) is 0.500. The van der Waals surface area contributed by atoms with Crippen molar-refractivity contribution in [2.45, 2.75) is 62.9 Å². The third-order valence-corrected chi connectivity index (χ3v) is 5.97. The molecule has 0 aliphatic heterocycles. The van der Waals surface area contributed by atoms with E-state index in [1.54, 1.807) is 11.0 Å². The molecule has 2 aliphatic carbocycles. The van der Waals surface area contributed by atoms with Crippen molar-refractivity contribution in [1.82, 2.24) is 20.1 Å². The van der Waals surface area contributed by atoms with E-state index >= 15 is 0 Å². The SMILES string of the molecule is CC1(N(C(=O)O)C2CCC(c3cc(NC(=O)Cc4ccc(F)cn4)n[nH]3)C2)CC1. The quantitative estimate of drug-likeness (QED) is 0.688. The highest BCUT2D eigenvalue weighted by atomic mass is 19.1. The third-order valence-electron chi connectivity index (χ3n) is 5.97. The van der Waals surface area contributed by atoms with Gasteiger partial charge in [0.05, 0.1) is 12.6 Å². The maximum atomic E-state index is 12.9. The Hall–Kier alpha value is -2.97. The fourth-order valence-electron chi connectivity index (χ4n) is 4.20. The van der Waals surface area contributed by atoms with Crippen LogP contribution < -0.4 is 5.32 Å². The molecule has 4 rings (SSSR count).